The molecule has 0 N–H and O–H groups in total. The van der Waals surface area contributed by atoms with Crippen molar-refractivity contribution in [3.63, 3.8) is 0 Å². The van der Waals surface area contributed by atoms with Crippen molar-refractivity contribution in [2.75, 3.05) is 0 Å². The molecule has 0 unspecified atom stereocenters. The van der Waals surface area contributed by atoms with Crippen molar-refractivity contribution in [2.45, 2.75) is 70.6 Å². The minimum absolute atomic E-state index is 1.13. The fourth-order valence-corrected chi connectivity index (χ4v) is 3.39. The predicted molar refractivity (Wildman–Crippen MR) is 57.8 cm³/mol. The maximum atomic E-state index is 1.56. The highest BCUT2D eigenvalue weighted by Crippen LogP contribution is 2.37. The molecule has 0 atom stereocenters. The topological polar surface area (TPSA) is 0 Å². The lowest BCUT2D eigenvalue weighted by Gasteiger charge is -2.29. The van der Waals surface area contributed by atoms with E-state index in [2.05, 4.69) is 0 Å². The van der Waals surface area contributed by atoms with Crippen LogP contribution in [-0.2, 0) is 0 Å². The molecule has 0 aromatic carbocycles. The monoisotopic (exact) mass is 180 g/mol. The molecule has 76 valence electrons. The molecule has 0 spiro atoms. The molecule has 0 radical (unpaired) electrons. The van der Waals surface area contributed by atoms with Gasteiger partial charge in [-0.15, -0.1) is 0 Å². The van der Waals surface area contributed by atoms with Crippen LogP contribution in [0.5, 0.6) is 0 Å². The van der Waals surface area contributed by atoms with E-state index < -0.39 is 0 Å². The van der Waals surface area contributed by atoms with Crippen LogP contribution in [0.2, 0.25) is 0 Å². The third kappa shape index (κ3) is 2.72. The average molecular weight is 180 g/mol. The summed E-state index contributed by atoms with van der Waals surface area (Å²) in [5.41, 5.74) is 0. The van der Waals surface area contributed by atoms with Crippen LogP contribution < -0.4 is 0 Å². The molecule has 2 rings (SSSR count). The Balaban J connectivity index is 1.82. The lowest BCUT2D eigenvalue weighted by Crippen LogP contribution is -2.17. The van der Waals surface area contributed by atoms with Gasteiger partial charge in [-0.1, -0.05) is 70.6 Å². The highest BCUT2D eigenvalue weighted by Gasteiger charge is 2.23. The molecule has 0 saturated heterocycles. The van der Waals surface area contributed by atoms with Crippen LogP contribution in [0.1, 0.15) is 70.6 Å². The maximum absolute atomic E-state index is 1.56. The van der Waals surface area contributed by atoms with Crippen molar-refractivity contribution in [1.82, 2.24) is 0 Å². The molecule has 2 fully saturated rings. The van der Waals surface area contributed by atoms with Crippen LogP contribution >= 0.6 is 0 Å². The van der Waals surface area contributed by atoms with Crippen LogP contribution in [0.3, 0.4) is 0 Å². The molecule has 0 aliphatic heterocycles. The van der Waals surface area contributed by atoms with E-state index in [4.69, 9.17) is 0 Å². The molecule has 2 saturated carbocycles. The van der Waals surface area contributed by atoms with E-state index in [1.165, 1.54) is 44.9 Å². The molecule has 2 aliphatic carbocycles. The number of hydrogen-bond donors (Lipinski definition) is 0. The molecular formula is C13H24. The average Bonchev–Trinajstić information content (AvgIpc) is 2.47. The lowest BCUT2D eigenvalue weighted by atomic mass is 9.77. The van der Waals surface area contributed by atoms with Gasteiger partial charge in [0.2, 0.25) is 0 Å². The fraction of sp³-hybridized carbons (Fsp3) is 1.00. The highest BCUT2D eigenvalue weighted by molar-refractivity contribution is 4.75. The number of rotatable bonds is 1. The van der Waals surface area contributed by atoms with Gasteiger partial charge in [-0.2, -0.15) is 0 Å². The zero-order valence-electron chi connectivity index (χ0n) is 8.93. The summed E-state index contributed by atoms with van der Waals surface area (Å²) < 4.78 is 0. The summed E-state index contributed by atoms with van der Waals surface area (Å²) in [7, 11) is 0. The Kier molecular flexibility index (Phi) is 3.69. The fourth-order valence-electron chi connectivity index (χ4n) is 3.39. The summed E-state index contributed by atoms with van der Waals surface area (Å²) in [4.78, 5) is 0. The normalized spacial score (nSPS) is 28.6. The first-order valence-electron chi connectivity index (χ1n) is 6.47. The van der Waals surface area contributed by atoms with E-state index in [1.54, 1.807) is 25.7 Å². The van der Waals surface area contributed by atoms with E-state index in [1.807, 2.05) is 0 Å². The highest BCUT2D eigenvalue weighted by atomic mass is 14.3. The first-order valence-corrected chi connectivity index (χ1v) is 6.47. The van der Waals surface area contributed by atoms with Crippen LogP contribution in [0.4, 0.5) is 0 Å². The van der Waals surface area contributed by atoms with Gasteiger partial charge in [0.05, 0.1) is 0 Å². The van der Waals surface area contributed by atoms with Crippen molar-refractivity contribution >= 4 is 0 Å². The van der Waals surface area contributed by atoms with E-state index in [0.29, 0.717) is 0 Å². The summed E-state index contributed by atoms with van der Waals surface area (Å²) in [6.07, 6.45) is 16.9. The zero-order chi connectivity index (χ0) is 8.93. The largest absolute Gasteiger partial charge is 0.0533 e. The predicted octanol–water partition coefficient (Wildman–Crippen LogP) is 4.54. The van der Waals surface area contributed by atoms with Crippen LogP contribution in [-0.4, -0.2) is 0 Å². The second-order valence-electron chi connectivity index (χ2n) is 5.15. The Hall–Kier alpha value is 0. The van der Waals surface area contributed by atoms with Gasteiger partial charge in [-0.05, 0) is 11.8 Å². The molecule has 0 aromatic rings. The van der Waals surface area contributed by atoms with Crippen molar-refractivity contribution in [1.29, 1.82) is 0 Å². The Morgan fingerprint density at radius 1 is 0.385 bits per heavy atom. The van der Waals surface area contributed by atoms with Crippen LogP contribution in [0.25, 0.3) is 0 Å². The molecular weight excluding hydrogens is 156 g/mol. The van der Waals surface area contributed by atoms with Gasteiger partial charge >= 0.3 is 0 Å². The molecule has 13 heavy (non-hydrogen) atoms. The van der Waals surface area contributed by atoms with Crippen LogP contribution in [0.15, 0.2) is 0 Å². The summed E-state index contributed by atoms with van der Waals surface area (Å²) in [5.74, 6) is 2.26. The smallest absolute Gasteiger partial charge is 0.0386 e. The Morgan fingerprint density at radius 2 is 0.692 bits per heavy atom. The Morgan fingerprint density at radius 3 is 1.08 bits per heavy atom. The summed E-state index contributed by atoms with van der Waals surface area (Å²) in [6, 6.07) is 0. The molecule has 2 aliphatic rings. The van der Waals surface area contributed by atoms with Gasteiger partial charge in [0.15, 0.2) is 0 Å². The second-order valence-corrected chi connectivity index (χ2v) is 5.15. The SMILES string of the molecule is C1CCCC(C2CCCCC2)CC1. The summed E-state index contributed by atoms with van der Waals surface area (Å²) in [6.45, 7) is 0. The Labute approximate surface area is 83.1 Å². The molecule has 0 heterocycles. The molecule has 0 bridgehead atoms. The van der Waals surface area contributed by atoms with Crippen LogP contribution in [0, 0.1) is 11.8 Å². The van der Waals surface area contributed by atoms with Crippen molar-refractivity contribution in [3.05, 3.63) is 0 Å². The van der Waals surface area contributed by atoms with E-state index >= 15 is 0 Å². The first kappa shape index (κ1) is 9.55. The zero-order valence-corrected chi connectivity index (χ0v) is 8.93. The van der Waals surface area contributed by atoms with Gasteiger partial charge in [0.25, 0.3) is 0 Å². The standard InChI is InChI=1S/C13H24/c1-2-5-9-12(8-4-1)13-10-6-3-7-11-13/h12-13H,1-11H2. The van der Waals surface area contributed by atoms with Gasteiger partial charge in [-0.3, -0.25) is 0 Å². The van der Waals surface area contributed by atoms with Gasteiger partial charge in [-0.25, -0.2) is 0 Å². The summed E-state index contributed by atoms with van der Waals surface area (Å²) >= 11 is 0. The third-order valence-electron chi connectivity index (χ3n) is 4.22. The quantitative estimate of drug-likeness (QED) is 0.520. The maximum Gasteiger partial charge on any atom is -0.0386 e. The van der Waals surface area contributed by atoms with Crippen molar-refractivity contribution in [2.24, 2.45) is 11.8 Å². The Bertz CT molecular complexity index is 125. The number of hydrogen-bond acceptors (Lipinski definition) is 0. The van der Waals surface area contributed by atoms with E-state index in [-0.39, 0.29) is 0 Å². The minimum Gasteiger partial charge on any atom is -0.0533 e. The van der Waals surface area contributed by atoms with Crippen molar-refractivity contribution in [3.8, 4) is 0 Å². The molecule has 0 aromatic heterocycles. The minimum atomic E-state index is 1.13. The molecule has 0 nitrogen and oxygen atoms in total. The summed E-state index contributed by atoms with van der Waals surface area (Å²) in [5, 5.41) is 0. The van der Waals surface area contributed by atoms with Gasteiger partial charge < -0.3 is 0 Å². The second kappa shape index (κ2) is 5.02. The molecule has 0 heteroatoms. The first-order chi connectivity index (χ1) is 6.47. The third-order valence-corrected chi connectivity index (χ3v) is 4.22. The molecule has 0 amide bonds. The van der Waals surface area contributed by atoms with E-state index in [0.717, 1.165) is 11.8 Å². The van der Waals surface area contributed by atoms with Crippen molar-refractivity contribution < 1.29 is 0 Å². The van der Waals surface area contributed by atoms with Gasteiger partial charge in [0.1, 0.15) is 0 Å². The lowest BCUT2D eigenvalue weighted by molar-refractivity contribution is 0.227. The van der Waals surface area contributed by atoms with Gasteiger partial charge in [0, 0.05) is 0 Å². The van der Waals surface area contributed by atoms with E-state index in [9.17, 15) is 0 Å².